The van der Waals surface area contributed by atoms with Crippen molar-refractivity contribution in [2.45, 2.75) is 24.8 Å². The topological polar surface area (TPSA) is 52.0 Å². The average Bonchev–Trinajstić information content (AvgIpc) is 2.88. The number of imidazole rings is 1. The Hall–Kier alpha value is -0.850. The van der Waals surface area contributed by atoms with Gasteiger partial charge in [-0.15, -0.1) is 11.6 Å². The summed E-state index contributed by atoms with van der Waals surface area (Å²) in [4.78, 5) is 4.31. The zero-order chi connectivity index (χ0) is 15.4. The summed E-state index contributed by atoms with van der Waals surface area (Å²) in [6.45, 7) is 1.85. The van der Waals surface area contributed by atoms with Gasteiger partial charge >= 0.3 is 0 Å². The Kier molecular flexibility index (Phi) is 3.46. The van der Waals surface area contributed by atoms with E-state index in [1.807, 2.05) is 6.92 Å². The average molecular weight is 351 g/mol. The molecule has 1 saturated heterocycles. The van der Waals surface area contributed by atoms with Crippen molar-refractivity contribution in [2.24, 2.45) is 0 Å². The largest absolute Gasteiger partial charge is 0.320 e. The Labute approximate surface area is 131 Å². The summed E-state index contributed by atoms with van der Waals surface area (Å²) in [6, 6.07) is 2.72. The van der Waals surface area contributed by atoms with Crippen LogP contribution in [0.2, 0.25) is 5.02 Å². The van der Waals surface area contributed by atoms with E-state index in [9.17, 15) is 12.8 Å². The maximum absolute atomic E-state index is 13.6. The second-order valence-electron chi connectivity index (χ2n) is 5.59. The van der Waals surface area contributed by atoms with Crippen molar-refractivity contribution in [3.63, 3.8) is 0 Å². The molecule has 2 aromatic rings. The number of hydrogen-bond donors (Lipinski definition) is 0. The van der Waals surface area contributed by atoms with Gasteiger partial charge < -0.3 is 4.57 Å². The lowest BCUT2D eigenvalue weighted by molar-refractivity contribution is 0.367. The third-order valence-corrected chi connectivity index (χ3v) is 6.32. The summed E-state index contributed by atoms with van der Waals surface area (Å²) in [5, 5.41) is -0.0192. The molecule has 1 unspecified atom stereocenters. The normalized spacial score (nSPS) is 24.8. The molecule has 1 fully saturated rings. The van der Waals surface area contributed by atoms with Crippen LogP contribution in [-0.4, -0.2) is 29.5 Å². The predicted octanol–water partition coefficient (Wildman–Crippen LogP) is 3.10. The minimum atomic E-state index is -3.09. The highest BCUT2D eigenvalue weighted by molar-refractivity contribution is 7.91. The van der Waals surface area contributed by atoms with Gasteiger partial charge in [0.05, 0.1) is 39.0 Å². The smallest absolute Gasteiger partial charge is 0.152 e. The molecule has 3 rings (SSSR count). The number of sulfone groups is 1. The van der Waals surface area contributed by atoms with Gasteiger partial charge in [0.15, 0.2) is 9.84 Å². The van der Waals surface area contributed by atoms with E-state index in [4.69, 9.17) is 23.2 Å². The molecule has 0 radical (unpaired) electrons. The van der Waals surface area contributed by atoms with E-state index in [-0.39, 0.29) is 22.4 Å². The Bertz CT molecular complexity index is 834. The second-order valence-corrected chi connectivity index (χ2v) is 8.45. The number of fused-ring (bicyclic) bond motifs is 1. The van der Waals surface area contributed by atoms with Crippen LogP contribution in [0.15, 0.2) is 12.1 Å². The van der Waals surface area contributed by atoms with Crippen molar-refractivity contribution in [1.82, 2.24) is 9.55 Å². The van der Waals surface area contributed by atoms with E-state index in [1.54, 1.807) is 4.57 Å². The number of rotatable bonds is 2. The van der Waals surface area contributed by atoms with Gasteiger partial charge in [0, 0.05) is 6.07 Å². The van der Waals surface area contributed by atoms with Gasteiger partial charge in [0.2, 0.25) is 0 Å². The molecule has 1 aromatic carbocycles. The highest BCUT2D eigenvalue weighted by Gasteiger charge is 2.41. The molecular formula is C13H13Cl2FN2O2S. The molecular weight excluding hydrogens is 338 g/mol. The molecule has 2 heterocycles. The van der Waals surface area contributed by atoms with Gasteiger partial charge in [0.25, 0.3) is 0 Å². The molecule has 1 aromatic heterocycles. The molecule has 0 bridgehead atoms. The molecule has 0 N–H and O–H groups in total. The number of halogens is 3. The fourth-order valence-electron chi connectivity index (χ4n) is 2.98. The SMILES string of the molecule is CC1(n2c(CCl)nc3cc(F)c(Cl)cc32)CCS(=O)(=O)C1. The van der Waals surface area contributed by atoms with Crippen molar-refractivity contribution < 1.29 is 12.8 Å². The summed E-state index contributed by atoms with van der Waals surface area (Å²) in [7, 11) is -3.09. The molecule has 1 aliphatic rings. The van der Waals surface area contributed by atoms with Gasteiger partial charge in [-0.2, -0.15) is 0 Å². The summed E-state index contributed by atoms with van der Waals surface area (Å²) in [6.07, 6.45) is 0.472. The van der Waals surface area contributed by atoms with Gasteiger partial charge in [-0.25, -0.2) is 17.8 Å². The zero-order valence-corrected chi connectivity index (χ0v) is 13.6. The zero-order valence-electron chi connectivity index (χ0n) is 11.2. The number of benzene rings is 1. The van der Waals surface area contributed by atoms with E-state index in [0.29, 0.717) is 23.3 Å². The molecule has 21 heavy (non-hydrogen) atoms. The van der Waals surface area contributed by atoms with E-state index < -0.39 is 21.2 Å². The van der Waals surface area contributed by atoms with Crippen molar-refractivity contribution in [3.05, 3.63) is 28.8 Å². The van der Waals surface area contributed by atoms with Gasteiger partial charge in [0.1, 0.15) is 11.6 Å². The lowest BCUT2D eigenvalue weighted by Gasteiger charge is -2.27. The van der Waals surface area contributed by atoms with E-state index in [1.165, 1.54) is 12.1 Å². The molecule has 114 valence electrons. The molecule has 1 atom stereocenters. The fraction of sp³-hybridized carbons (Fsp3) is 0.462. The first-order valence-corrected chi connectivity index (χ1v) is 9.12. The Morgan fingerprint density at radius 3 is 2.76 bits per heavy atom. The Balaban J connectivity index is 2.28. The third kappa shape index (κ3) is 2.43. The van der Waals surface area contributed by atoms with Gasteiger partial charge in [-0.05, 0) is 19.4 Å². The molecule has 0 aliphatic carbocycles. The minimum absolute atomic E-state index is 0.0182. The van der Waals surface area contributed by atoms with E-state index in [0.717, 1.165) is 0 Å². The van der Waals surface area contributed by atoms with Gasteiger partial charge in [-0.3, -0.25) is 0 Å². The van der Waals surface area contributed by atoms with Gasteiger partial charge in [-0.1, -0.05) is 11.6 Å². The third-order valence-electron chi connectivity index (χ3n) is 3.91. The quantitative estimate of drug-likeness (QED) is 0.782. The van der Waals surface area contributed by atoms with Crippen LogP contribution >= 0.6 is 23.2 Å². The summed E-state index contributed by atoms with van der Waals surface area (Å²) < 4.78 is 39.1. The monoisotopic (exact) mass is 350 g/mol. The van der Waals surface area contributed by atoms with Crippen LogP contribution in [0.1, 0.15) is 19.2 Å². The number of hydrogen-bond acceptors (Lipinski definition) is 3. The first kappa shape index (κ1) is 15.1. The predicted molar refractivity (Wildman–Crippen MR) is 81.2 cm³/mol. The molecule has 0 amide bonds. The summed E-state index contributed by atoms with van der Waals surface area (Å²) in [5.41, 5.74) is 0.397. The first-order chi connectivity index (χ1) is 9.76. The first-order valence-electron chi connectivity index (χ1n) is 6.39. The maximum atomic E-state index is 13.6. The molecule has 0 saturated carbocycles. The number of aromatic nitrogens is 2. The standard InChI is InChI=1S/C13H13Cl2FN2O2S/c1-13(2-3-21(19,20)7-13)18-11-4-8(15)9(16)5-10(11)17-12(18)6-14/h4-5H,2-3,6-7H2,1H3. The summed E-state index contributed by atoms with van der Waals surface area (Å²) in [5.74, 6) is 0.223. The lowest BCUT2D eigenvalue weighted by Crippen LogP contribution is -2.32. The van der Waals surface area contributed by atoms with E-state index in [2.05, 4.69) is 4.98 Å². The number of nitrogens with zero attached hydrogens (tertiary/aromatic N) is 2. The molecule has 1 aliphatic heterocycles. The Morgan fingerprint density at radius 2 is 2.19 bits per heavy atom. The lowest BCUT2D eigenvalue weighted by atomic mass is 10.0. The van der Waals surface area contributed by atoms with Crippen molar-refractivity contribution in [3.8, 4) is 0 Å². The molecule has 4 nitrogen and oxygen atoms in total. The molecule has 0 spiro atoms. The van der Waals surface area contributed by atoms with Crippen molar-refractivity contribution in [1.29, 1.82) is 0 Å². The van der Waals surface area contributed by atoms with E-state index >= 15 is 0 Å². The van der Waals surface area contributed by atoms with Crippen molar-refractivity contribution >= 4 is 44.1 Å². The second kappa shape index (κ2) is 4.83. The van der Waals surface area contributed by atoms with Crippen LogP contribution in [0, 0.1) is 5.82 Å². The van der Waals surface area contributed by atoms with Crippen LogP contribution < -0.4 is 0 Å². The van der Waals surface area contributed by atoms with Crippen LogP contribution in [0.4, 0.5) is 4.39 Å². The Morgan fingerprint density at radius 1 is 1.48 bits per heavy atom. The van der Waals surface area contributed by atoms with Crippen LogP contribution in [-0.2, 0) is 21.3 Å². The highest BCUT2D eigenvalue weighted by Crippen LogP contribution is 2.36. The van der Waals surface area contributed by atoms with Crippen LogP contribution in [0.3, 0.4) is 0 Å². The minimum Gasteiger partial charge on any atom is -0.320 e. The fourth-order valence-corrected chi connectivity index (χ4v) is 5.44. The summed E-state index contributed by atoms with van der Waals surface area (Å²) >= 11 is 11.8. The van der Waals surface area contributed by atoms with Crippen LogP contribution in [0.5, 0.6) is 0 Å². The molecule has 8 heteroatoms. The number of alkyl halides is 1. The van der Waals surface area contributed by atoms with Crippen molar-refractivity contribution in [2.75, 3.05) is 11.5 Å². The van der Waals surface area contributed by atoms with Crippen LogP contribution in [0.25, 0.3) is 11.0 Å². The maximum Gasteiger partial charge on any atom is 0.152 e. The highest BCUT2D eigenvalue weighted by atomic mass is 35.5.